The number of aromatic nitrogens is 1. The van der Waals surface area contributed by atoms with Crippen LogP contribution in [0.15, 0.2) is 47.1 Å². The molecule has 32 heavy (non-hydrogen) atoms. The normalized spacial score (nSPS) is 22.2. The van der Waals surface area contributed by atoms with Crippen molar-refractivity contribution in [3.8, 4) is 17.2 Å². The van der Waals surface area contributed by atoms with Crippen molar-refractivity contribution in [1.29, 1.82) is 0 Å². The Morgan fingerprint density at radius 1 is 1.03 bits per heavy atom. The number of furan rings is 1. The van der Waals surface area contributed by atoms with Gasteiger partial charge in [0.1, 0.15) is 18.1 Å². The molecule has 166 valence electrons. The minimum atomic E-state index is -4.67. The highest BCUT2D eigenvalue weighted by molar-refractivity contribution is 7.94. The maximum atomic E-state index is 13.9. The maximum Gasteiger partial charge on any atom is 0.449 e. The number of rotatable bonds is 2. The summed E-state index contributed by atoms with van der Waals surface area (Å²) in [6.45, 7) is -0.645. The number of alkyl halides is 3. The lowest BCUT2D eigenvalue weighted by Crippen LogP contribution is -2.41. The second kappa shape index (κ2) is 6.09. The number of benzene rings is 1. The van der Waals surface area contributed by atoms with Crippen molar-refractivity contribution in [3.05, 3.63) is 65.4 Å². The van der Waals surface area contributed by atoms with Gasteiger partial charge in [0.05, 0.1) is 12.2 Å². The average Bonchev–Trinajstić information content (AvgIpc) is 3.50. The van der Waals surface area contributed by atoms with E-state index in [1.807, 2.05) is 0 Å². The van der Waals surface area contributed by atoms with Gasteiger partial charge in [0.2, 0.25) is 12.6 Å². The fourth-order valence-electron chi connectivity index (χ4n) is 4.35. The van der Waals surface area contributed by atoms with E-state index >= 15 is 0 Å². The van der Waals surface area contributed by atoms with E-state index in [2.05, 4.69) is 4.98 Å². The van der Waals surface area contributed by atoms with Crippen LogP contribution in [-0.4, -0.2) is 26.8 Å². The first-order valence-electron chi connectivity index (χ1n) is 9.41. The molecule has 0 saturated carbocycles. The molecule has 8 nitrogen and oxygen atoms in total. The molecule has 3 aliphatic rings. The van der Waals surface area contributed by atoms with Gasteiger partial charge in [0.25, 0.3) is 10.0 Å². The minimum Gasteiger partial charge on any atom is -0.491 e. The molecular weight excluding hydrogens is 453 g/mol. The Morgan fingerprint density at radius 3 is 2.56 bits per heavy atom. The zero-order chi connectivity index (χ0) is 22.3. The predicted octanol–water partition coefficient (Wildman–Crippen LogP) is 3.41. The van der Waals surface area contributed by atoms with E-state index in [-0.39, 0.29) is 19.2 Å². The molecule has 3 aliphatic heterocycles. The molecule has 0 saturated heterocycles. The van der Waals surface area contributed by atoms with Crippen LogP contribution < -0.4 is 18.5 Å². The highest BCUT2D eigenvalue weighted by Crippen LogP contribution is 2.58. The number of hydrogen-bond donors (Lipinski definition) is 0. The summed E-state index contributed by atoms with van der Waals surface area (Å²) in [5.74, 6) is -0.198. The van der Waals surface area contributed by atoms with Gasteiger partial charge in [0.15, 0.2) is 16.2 Å². The summed E-state index contributed by atoms with van der Waals surface area (Å²) in [5.41, 5.74) is 1.01. The Labute approximate surface area is 179 Å². The fourth-order valence-corrected chi connectivity index (χ4v) is 6.52. The monoisotopic (exact) mass is 466 g/mol. The number of nitrogens with zero attached hydrogens (tertiary/aromatic N) is 2. The van der Waals surface area contributed by atoms with Crippen LogP contribution in [0.2, 0.25) is 0 Å². The molecule has 3 aromatic rings. The molecule has 6 rings (SSSR count). The number of hydrogen-bond acceptors (Lipinski definition) is 7. The van der Waals surface area contributed by atoms with Gasteiger partial charge in [-0.1, -0.05) is 0 Å². The smallest absolute Gasteiger partial charge is 0.449 e. The molecule has 0 amide bonds. The topological polar surface area (TPSA) is 91.1 Å². The quantitative estimate of drug-likeness (QED) is 0.572. The van der Waals surface area contributed by atoms with Crippen LogP contribution in [0.1, 0.15) is 22.6 Å². The third-order valence-electron chi connectivity index (χ3n) is 5.81. The van der Waals surface area contributed by atoms with Crippen LogP contribution >= 0.6 is 0 Å². The largest absolute Gasteiger partial charge is 0.491 e. The molecule has 5 heterocycles. The van der Waals surface area contributed by atoms with E-state index in [9.17, 15) is 21.6 Å². The Hall–Kier alpha value is -3.41. The van der Waals surface area contributed by atoms with Gasteiger partial charge >= 0.3 is 6.18 Å². The Kier molecular flexibility index (Phi) is 3.67. The van der Waals surface area contributed by atoms with Gasteiger partial charge in [-0.25, -0.2) is 8.42 Å². The molecule has 0 fully saturated rings. The third-order valence-corrected chi connectivity index (χ3v) is 8.16. The first kappa shape index (κ1) is 19.3. The molecule has 0 N–H and O–H groups in total. The Morgan fingerprint density at radius 2 is 1.81 bits per heavy atom. The van der Waals surface area contributed by atoms with E-state index < -0.39 is 33.3 Å². The minimum absolute atomic E-state index is 0.00226. The Bertz CT molecular complexity index is 1370. The van der Waals surface area contributed by atoms with Crippen molar-refractivity contribution in [1.82, 2.24) is 4.98 Å². The number of anilines is 1. The summed E-state index contributed by atoms with van der Waals surface area (Å²) in [5, 5.41) is 0. The van der Waals surface area contributed by atoms with Crippen LogP contribution in [-0.2, 0) is 27.5 Å². The number of fused-ring (bicyclic) bond motifs is 5. The van der Waals surface area contributed by atoms with E-state index in [4.69, 9.17) is 18.6 Å². The van der Waals surface area contributed by atoms with E-state index in [0.717, 1.165) is 16.4 Å². The summed E-state index contributed by atoms with van der Waals surface area (Å²) < 4.78 is 87.5. The first-order valence-corrected chi connectivity index (χ1v) is 10.9. The molecular formula is C20H13F3N2O6S. The highest BCUT2D eigenvalue weighted by atomic mass is 32.2. The summed E-state index contributed by atoms with van der Waals surface area (Å²) in [7, 11) is -4.21. The first-order chi connectivity index (χ1) is 15.2. The molecule has 0 bridgehead atoms. The molecule has 2 aromatic heterocycles. The zero-order valence-electron chi connectivity index (χ0n) is 16.0. The van der Waals surface area contributed by atoms with Crippen molar-refractivity contribution in [2.45, 2.75) is 17.5 Å². The van der Waals surface area contributed by atoms with Crippen LogP contribution in [0, 0.1) is 0 Å². The lowest BCUT2D eigenvalue weighted by molar-refractivity contribution is -0.153. The number of halogens is 3. The average molecular weight is 466 g/mol. The van der Waals surface area contributed by atoms with Gasteiger partial charge < -0.3 is 18.6 Å². The molecule has 1 aromatic carbocycles. The summed E-state index contributed by atoms with van der Waals surface area (Å²) in [6, 6.07) is 6.53. The van der Waals surface area contributed by atoms with Crippen LogP contribution in [0.5, 0.6) is 17.2 Å². The number of sulfonamides is 1. The number of pyridine rings is 1. The van der Waals surface area contributed by atoms with Gasteiger partial charge in [-0.05, 0) is 24.3 Å². The van der Waals surface area contributed by atoms with E-state index in [0.29, 0.717) is 34.1 Å². The van der Waals surface area contributed by atoms with Crippen molar-refractivity contribution >= 4 is 15.7 Å². The SMILES string of the molecule is O=S1(=O)N(Cc2ccc(C(F)(F)F)o2)c2ccncc2C12COc1cc3c(cc12)OCO3. The summed E-state index contributed by atoms with van der Waals surface area (Å²) in [4.78, 5) is 4.09. The predicted molar refractivity (Wildman–Crippen MR) is 102 cm³/mol. The summed E-state index contributed by atoms with van der Waals surface area (Å²) >= 11 is 0. The van der Waals surface area contributed by atoms with Crippen LogP contribution in [0.4, 0.5) is 18.9 Å². The standard InChI is InChI=1S/C20H13F3N2O6S/c21-20(22,23)18-2-1-11(31-18)8-25-14-3-4-24-7-13(14)19(32(25,26)27)9-28-15-6-17-16(5-12(15)19)29-10-30-17/h1-7H,8-10H2. The van der Waals surface area contributed by atoms with Crippen molar-refractivity contribution in [2.75, 3.05) is 17.7 Å². The lowest BCUT2D eigenvalue weighted by atomic mass is 9.92. The molecule has 1 spiro atoms. The molecule has 12 heteroatoms. The maximum absolute atomic E-state index is 13.9. The summed E-state index contributed by atoms with van der Waals surface area (Å²) in [6.07, 6.45) is -1.83. The van der Waals surface area contributed by atoms with E-state index in [1.54, 1.807) is 12.1 Å². The highest BCUT2D eigenvalue weighted by Gasteiger charge is 2.62. The van der Waals surface area contributed by atoms with Crippen LogP contribution in [0.25, 0.3) is 0 Å². The second-order valence-electron chi connectivity index (χ2n) is 7.49. The second-order valence-corrected chi connectivity index (χ2v) is 9.57. The van der Waals surface area contributed by atoms with Gasteiger partial charge in [0, 0.05) is 29.6 Å². The molecule has 1 atom stereocenters. The van der Waals surface area contributed by atoms with Gasteiger partial charge in [-0.3, -0.25) is 9.29 Å². The molecule has 0 radical (unpaired) electrons. The lowest BCUT2D eigenvalue weighted by Gasteiger charge is -2.24. The third kappa shape index (κ3) is 2.38. The van der Waals surface area contributed by atoms with Crippen LogP contribution in [0.3, 0.4) is 0 Å². The number of ether oxygens (including phenoxy) is 3. The zero-order valence-corrected chi connectivity index (χ0v) is 16.9. The van der Waals surface area contributed by atoms with E-state index in [1.165, 1.54) is 18.5 Å². The molecule has 0 aliphatic carbocycles. The van der Waals surface area contributed by atoms with Crippen molar-refractivity contribution in [2.24, 2.45) is 0 Å². The van der Waals surface area contributed by atoms with Gasteiger partial charge in [-0.15, -0.1) is 0 Å². The van der Waals surface area contributed by atoms with Crippen molar-refractivity contribution < 1.29 is 40.2 Å². The fraction of sp³-hybridized carbons (Fsp3) is 0.250. The Balaban J connectivity index is 1.50. The van der Waals surface area contributed by atoms with Gasteiger partial charge in [-0.2, -0.15) is 13.2 Å². The van der Waals surface area contributed by atoms with Crippen molar-refractivity contribution in [3.63, 3.8) is 0 Å². The molecule has 1 unspecified atom stereocenters.